The van der Waals surface area contributed by atoms with Gasteiger partial charge in [0.2, 0.25) is 6.79 Å². The molecule has 6 nitrogen and oxygen atoms in total. The fourth-order valence-electron chi connectivity index (χ4n) is 4.52. The second kappa shape index (κ2) is 8.06. The van der Waals surface area contributed by atoms with Crippen LogP contribution in [0.15, 0.2) is 67.0 Å². The maximum atomic E-state index is 13.4. The molecule has 6 rings (SSSR count). The molecule has 0 fully saturated rings. The van der Waals surface area contributed by atoms with Gasteiger partial charge in [0.15, 0.2) is 11.5 Å². The van der Waals surface area contributed by atoms with Gasteiger partial charge in [0.25, 0.3) is 5.91 Å². The summed E-state index contributed by atoms with van der Waals surface area (Å²) < 4.78 is 10.9. The lowest BCUT2D eigenvalue weighted by Gasteiger charge is -2.13. The number of ether oxygens (including phenoxy) is 2. The Morgan fingerprint density at radius 3 is 2.85 bits per heavy atom. The first-order chi connectivity index (χ1) is 16.3. The van der Waals surface area contributed by atoms with E-state index in [4.69, 9.17) is 14.5 Å². The molecule has 4 aromatic rings. The minimum absolute atomic E-state index is 0.0852. The van der Waals surface area contributed by atoms with Gasteiger partial charge >= 0.3 is 0 Å². The van der Waals surface area contributed by atoms with Crippen molar-refractivity contribution in [2.45, 2.75) is 19.4 Å². The summed E-state index contributed by atoms with van der Waals surface area (Å²) >= 11 is 0. The number of amides is 1. The van der Waals surface area contributed by atoms with Gasteiger partial charge < -0.3 is 14.8 Å². The number of nitrogens with zero attached hydrogens (tertiary/aromatic N) is 2. The largest absolute Gasteiger partial charge is 0.454 e. The number of carbonyl (C=O) groups excluding carboxylic acids is 1. The van der Waals surface area contributed by atoms with Crippen molar-refractivity contribution in [1.82, 2.24) is 15.3 Å². The third-order valence-corrected chi connectivity index (χ3v) is 6.08. The molecule has 6 heteroatoms. The summed E-state index contributed by atoms with van der Waals surface area (Å²) in [6.45, 7) is 0.682. The highest BCUT2D eigenvalue weighted by Gasteiger charge is 2.27. The van der Waals surface area contributed by atoms with E-state index >= 15 is 0 Å². The molecule has 1 amide bonds. The zero-order chi connectivity index (χ0) is 22.2. The molecule has 0 saturated carbocycles. The van der Waals surface area contributed by atoms with Gasteiger partial charge in [0.05, 0.1) is 16.8 Å². The van der Waals surface area contributed by atoms with Gasteiger partial charge in [-0.3, -0.25) is 9.78 Å². The van der Waals surface area contributed by atoms with Gasteiger partial charge in [0.1, 0.15) is 0 Å². The molecule has 2 aromatic heterocycles. The fraction of sp³-hybridized carbons (Fsp3) is 0.148. The number of rotatable bonds is 4. The predicted molar refractivity (Wildman–Crippen MR) is 126 cm³/mol. The molecule has 1 aliphatic heterocycles. The van der Waals surface area contributed by atoms with E-state index < -0.39 is 0 Å². The molecule has 33 heavy (non-hydrogen) atoms. The maximum Gasteiger partial charge on any atom is 0.252 e. The minimum Gasteiger partial charge on any atom is -0.454 e. The number of hydrogen-bond acceptors (Lipinski definition) is 5. The van der Waals surface area contributed by atoms with Gasteiger partial charge in [-0.2, -0.15) is 0 Å². The Balaban J connectivity index is 1.39. The Morgan fingerprint density at radius 2 is 1.94 bits per heavy atom. The first-order valence-corrected chi connectivity index (χ1v) is 11.0. The van der Waals surface area contributed by atoms with E-state index in [-0.39, 0.29) is 12.7 Å². The van der Waals surface area contributed by atoms with Gasteiger partial charge in [0, 0.05) is 24.3 Å². The quantitative estimate of drug-likeness (QED) is 0.500. The molecule has 0 spiro atoms. The number of benzene rings is 2. The highest BCUT2D eigenvalue weighted by Crippen LogP contribution is 2.39. The van der Waals surface area contributed by atoms with Crippen molar-refractivity contribution in [2.24, 2.45) is 0 Å². The Morgan fingerprint density at radius 1 is 1.03 bits per heavy atom. The lowest BCUT2D eigenvalue weighted by molar-refractivity contribution is 0.0951. The van der Waals surface area contributed by atoms with Crippen molar-refractivity contribution in [1.29, 1.82) is 0 Å². The van der Waals surface area contributed by atoms with Crippen LogP contribution in [-0.4, -0.2) is 22.7 Å². The second-order valence-corrected chi connectivity index (χ2v) is 8.16. The second-order valence-electron chi connectivity index (χ2n) is 8.16. The van der Waals surface area contributed by atoms with Gasteiger partial charge in [-0.25, -0.2) is 4.98 Å². The van der Waals surface area contributed by atoms with Crippen LogP contribution in [0.5, 0.6) is 11.5 Å². The van der Waals surface area contributed by atoms with Crippen LogP contribution in [0.3, 0.4) is 0 Å². The molecule has 0 bridgehead atoms. The van der Waals surface area contributed by atoms with Crippen LogP contribution in [0.1, 0.15) is 39.2 Å². The normalized spacial score (nSPS) is 15.1. The maximum absolute atomic E-state index is 13.4. The molecule has 3 heterocycles. The van der Waals surface area contributed by atoms with E-state index in [2.05, 4.69) is 16.4 Å². The highest BCUT2D eigenvalue weighted by molar-refractivity contribution is 6.09. The van der Waals surface area contributed by atoms with Crippen LogP contribution in [0.4, 0.5) is 0 Å². The van der Waals surface area contributed by atoms with E-state index in [1.165, 1.54) is 0 Å². The van der Waals surface area contributed by atoms with Crippen molar-refractivity contribution in [3.63, 3.8) is 0 Å². The number of pyridine rings is 2. The predicted octanol–water partition coefficient (Wildman–Crippen LogP) is 4.78. The van der Waals surface area contributed by atoms with Gasteiger partial charge in [-0.1, -0.05) is 30.3 Å². The summed E-state index contributed by atoms with van der Waals surface area (Å²) in [5.41, 5.74) is 6.55. The van der Waals surface area contributed by atoms with Crippen LogP contribution in [0, 0.1) is 0 Å². The molecule has 1 aliphatic carbocycles. The van der Waals surface area contributed by atoms with Crippen molar-refractivity contribution >= 4 is 28.5 Å². The van der Waals surface area contributed by atoms with E-state index in [0.717, 1.165) is 63.2 Å². The van der Waals surface area contributed by atoms with Crippen LogP contribution in [0.2, 0.25) is 0 Å². The van der Waals surface area contributed by atoms with E-state index in [1.807, 2.05) is 54.6 Å². The third kappa shape index (κ3) is 3.59. The van der Waals surface area contributed by atoms with Crippen LogP contribution in [0.25, 0.3) is 22.6 Å². The molecule has 2 aliphatic rings. The van der Waals surface area contributed by atoms with E-state index in [1.54, 1.807) is 12.4 Å². The van der Waals surface area contributed by atoms with Crippen LogP contribution >= 0.6 is 0 Å². The number of hydrogen-bond donors (Lipinski definition) is 1. The standard InChI is InChI=1S/C27H21N3O3/c31-27(29-15-18-4-3-11-28-14-18)25-20-5-1-2-6-22(20)30-26-19(8-9-21(25)26)12-17-7-10-23-24(13-17)33-16-32-23/h1-7,10-14H,8-9,15-16H2,(H,29,31). The molecule has 0 radical (unpaired) electrons. The van der Waals surface area contributed by atoms with Crippen molar-refractivity contribution in [3.8, 4) is 11.5 Å². The lowest BCUT2D eigenvalue weighted by Crippen LogP contribution is -2.24. The number of aromatic nitrogens is 2. The molecule has 1 N–H and O–H groups in total. The number of para-hydroxylation sites is 1. The van der Waals surface area contributed by atoms with Crippen molar-refractivity contribution in [3.05, 3.63) is 94.9 Å². The summed E-state index contributed by atoms with van der Waals surface area (Å²) in [4.78, 5) is 22.5. The van der Waals surface area contributed by atoms with Crippen LogP contribution < -0.4 is 14.8 Å². The average Bonchev–Trinajstić information content (AvgIpc) is 3.48. The van der Waals surface area contributed by atoms with Gasteiger partial charge in [-0.15, -0.1) is 0 Å². The van der Waals surface area contributed by atoms with E-state index in [9.17, 15) is 4.79 Å². The topological polar surface area (TPSA) is 73.3 Å². The summed E-state index contributed by atoms with van der Waals surface area (Å²) in [5, 5.41) is 3.95. The van der Waals surface area contributed by atoms with E-state index in [0.29, 0.717) is 12.1 Å². The zero-order valence-electron chi connectivity index (χ0n) is 17.9. The molecular weight excluding hydrogens is 414 g/mol. The summed E-state index contributed by atoms with van der Waals surface area (Å²) in [6, 6.07) is 17.6. The summed E-state index contributed by atoms with van der Waals surface area (Å²) in [5.74, 6) is 1.43. The number of nitrogens with one attached hydrogen (secondary N) is 1. The molecule has 162 valence electrons. The molecule has 0 atom stereocenters. The number of fused-ring (bicyclic) bond motifs is 3. The first kappa shape index (κ1) is 19.5. The van der Waals surface area contributed by atoms with Gasteiger partial charge in [-0.05, 0) is 65.4 Å². The Labute approximate surface area is 190 Å². The van der Waals surface area contributed by atoms with Crippen molar-refractivity contribution in [2.75, 3.05) is 6.79 Å². The van der Waals surface area contributed by atoms with Crippen molar-refractivity contribution < 1.29 is 14.3 Å². The molecule has 2 aromatic carbocycles. The highest BCUT2D eigenvalue weighted by atomic mass is 16.7. The lowest BCUT2D eigenvalue weighted by atomic mass is 9.99. The zero-order valence-corrected chi connectivity index (χ0v) is 17.9. The molecule has 0 unspecified atom stereocenters. The average molecular weight is 435 g/mol. The number of allylic oxidation sites excluding steroid dienone is 1. The smallest absolute Gasteiger partial charge is 0.252 e. The molecular formula is C27H21N3O3. The summed E-state index contributed by atoms with van der Waals surface area (Å²) in [7, 11) is 0. The fourth-order valence-corrected chi connectivity index (χ4v) is 4.52. The third-order valence-electron chi connectivity index (χ3n) is 6.08. The Kier molecular flexibility index (Phi) is 4.76. The SMILES string of the molecule is O=C(NCc1cccnc1)c1c2c(nc3ccccc13)C(=Cc1ccc3c(c1)OCO3)CC2. The monoisotopic (exact) mass is 435 g/mol. The Bertz CT molecular complexity index is 1410. The number of carbonyl (C=O) groups is 1. The first-order valence-electron chi connectivity index (χ1n) is 11.0. The Hall–Kier alpha value is -4.19. The summed E-state index contributed by atoms with van der Waals surface area (Å²) in [6.07, 6.45) is 7.23. The minimum atomic E-state index is -0.0852. The van der Waals surface area contributed by atoms with Crippen LogP contribution in [-0.2, 0) is 13.0 Å². The molecule has 0 saturated heterocycles.